The van der Waals surface area contributed by atoms with Crippen LogP contribution in [-0.4, -0.2) is 38.4 Å². The molecule has 0 spiro atoms. The Morgan fingerprint density at radius 2 is 2.00 bits per heavy atom. The minimum absolute atomic E-state index is 0.0348. The van der Waals surface area contributed by atoms with Gasteiger partial charge in [0, 0.05) is 19.0 Å². The first-order valence-electron chi connectivity index (χ1n) is 6.05. The molecule has 1 atom stereocenters. The predicted octanol–water partition coefficient (Wildman–Crippen LogP) is 0.680. The van der Waals surface area contributed by atoms with Crippen LogP contribution in [0, 0.1) is 11.6 Å². The average molecular weight is 304 g/mol. The first-order valence-corrected chi connectivity index (χ1v) is 7.87. The van der Waals surface area contributed by atoms with Gasteiger partial charge in [-0.25, -0.2) is 17.2 Å². The SMILES string of the molecule is O=C(CC1CS(=O)(=O)CCN1)Nc1c(F)cccc1F. The summed E-state index contributed by atoms with van der Waals surface area (Å²) in [5.74, 6) is -2.50. The Balaban J connectivity index is 1.99. The van der Waals surface area contributed by atoms with Crippen molar-refractivity contribution >= 4 is 21.4 Å². The molecule has 1 aliphatic rings. The third-order valence-corrected chi connectivity index (χ3v) is 4.70. The number of rotatable bonds is 3. The molecule has 0 radical (unpaired) electrons. The molecule has 110 valence electrons. The number of halogens is 2. The second-order valence-electron chi connectivity index (χ2n) is 4.61. The Morgan fingerprint density at radius 1 is 1.35 bits per heavy atom. The molecule has 1 aliphatic heterocycles. The number of anilines is 1. The molecular weight excluding hydrogens is 290 g/mol. The molecular formula is C12H14F2N2O3S. The Hall–Kier alpha value is -1.54. The Kier molecular flexibility index (Phi) is 4.34. The van der Waals surface area contributed by atoms with Crippen molar-refractivity contribution in [3.8, 4) is 0 Å². The van der Waals surface area contributed by atoms with Gasteiger partial charge in [-0.3, -0.25) is 4.79 Å². The lowest BCUT2D eigenvalue weighted by Gasteiger charge is -2.23. The summed E-state index contributed by atoms with van der Waals surface area (Å²) >= 11 is 0. The molecule has 5 nitrogen and oxygen atoms in total. The third kappa shape index (κ3) is 3.73. The van der Waals surface area contributed by atoms with E-state index in [9.17, 15) is 22.0 Å². The van der Waals surface area contributed by atoms with E-state index in [4.69, 9.17) is 0 Å². The number of benzene rings is 1. The van der Waals surface area contributed by atoms with Gasteiger partial charge in [0.1, 0.15) is 17.3 Å². The predicted molar refractivity (Wildman–Crippen MR) is 70.0 cm³/mol. The molecule has 0 bridgehead atoms. The molecule has 1 aromatic rings. The van der Waals surface area contributed by atoms with Crippen molar-refractivity contribution in [3.63, 3.8) is 0 Å². The van der Waals surface area contributed by atoms with Gasteiger partial charge in [-0.05, 0) is 12.1 Å². The highest BCUT2D eigenvalue weighted by Gasteiger charge is 2.26. The van der Waals surface area contributed by atoms with Crippen LogP contribution in [0.4, 0.5) is 14.5 Å². The van der Waals surface area contributed by atoms with Gasteiger partial charge in [-0.2, -0.15) is 0 Å². The summed E-state index contributed by atoms with van der Waals surface area (Å²) in [7, 11) is -3.16. The standard InChI is InChI=1S/C12H14F2N2O3S/c13-9-2-1-3-10(14)12(9)16-11(17)6-8-7-20(18,19)5-4-15-8/h1-3,8,15H,4-7H2,(H,16,17). The Labute approximate surface area is 115 Å². The normalized spacial score (nSPS) is 21.4. The van der Waals surface area contributed by atoms with E-state index in [0.29, 0.717) is 0 Å². The van der Waals surface area contributed by atoms with Crippen molar-refractivity contribution in [1.29, 1.82) is 0 Å². The number of amides is 1. The van der Waals surface area contributed by atoms with E-state index in [1.54, 1.807) is 0 Å². The molecule has 20 heavy (non-hydrogen) atoms. The van der Waals surface area contributed by atoms with E-state index in [1.807, 2.05) is 0 Å². The minimum atomic E-state index is -3.16. The smallest absolute Gasteiger partial charge is 0.226 e. The highest BCUT2D eigenvalue weighted by atomic mass is 32.2. The number of sulfone groups is 1. The van der Waals surface area contributed by atoms with Gasteiger partial charge < -0.3 is 10.6 Å². The number of hydrogen-bond acceptors (Lipinski definition) is 4. The molecule has 0 aliphatic carbocycles. The Morgan fingerprint density at radius 3 is 2.60 bits per heavy atom. The average Bonchev–Trinajstić information content (AvgIpc) is 2.33. The lowest BCUT2D eigenvalue weighted by atomic mass is 10.2. The maximum atomic E-state index is 13.3. The summed E-state index contributed by atoms with van der Waals surface area (Å²) in [6, 6.07) is 2.71. The van der Waals surface area contributed by atoms with Crippen LogP contribution in [0.1, 0.15) is 6.42 Å². The summed E-state index contributed by atoms with van der Waals surface area (Å²) < 4.78 is 49.5. The van der Waals surface area contributed by atoms with Crippen molar-refractivity contribution in [2.45, 2.75) is 12.5 Å². The highest BCUT2D eigenvalue weighted by molar-refractivity contribution is 7.91. The quantitative estimate of drug-likeness (QED) is 0.861. The molecule has 2 rings (SSSR count). The zero-order valence-electron chi connectivity index (χ0n) is 10.5. The zero-order chi connectivity index (χ0) is 14.8. The fourth-order valence-corrected chi connectivity index (χ4v) is 3.47. The Bertz CT molecular complexity index is 599. The van der Waals surface area contributed by atoms with Gasteiger partial charge in [-0.15, -0.1) is 0 Å². The third-order valence-electron chi connectivity index (χ3n) is 2.96. The van der Waals surface area contributed by atoms with E-state index in [0.717, 1.165) is 12.1 Å². The van der Waals surface area contributed by atoms with E-state index >= 15 is 0 Å². The van der Waals surface area contributed by atoms with Gasteiger partial charge in [0.25, 0.3) is 0 Å². The summed E-state index contributed by atoms with van der Waals surface area (Å²) in [6.45, 7) is 0.272. The van der Waals surface area contributed by atoms with Crippen LogP contribution in [0.25, 0.3) is 0 Å². The first-order chi connectivity index (χ1) is 9.37. The second-order valence-corrected chi connectivity index (χ2v) is 6.84. The van der Waals surface area contributed by atoms with Crippen LogP contribution < -0.4 is 10.6 Å². The minimum Gasteiger partial charge on any atom is -0.321 e. The van der Waals surface area contributed by atoms with Gasteiger partial charge in [0.05, 0.1) is 11.5 Å². The number of carbonyl (C=O) groups excluding carboxylic acids is 1. The number of para-hydroxylation sites is 1. The van der Waals surface area contributed by atoms with E-state index in [1.165, 1.54) is 6.07 Å². The van der Waals surface area contributed by atoms with Crippen molar-refractivity contribution in [2.24, 2.45) is 0 Å². The fraction of sp³-hybridized carbons (Fsp3) is 0.417. The van der Waals surface area contributed by atoms with Crippen LogP contribution >= 0.6 is 0 Å². The molecule has 1 saturated heterocycles. The van der Waals surface area contributed by atoms with Crippen LogP contribution in [0.5, 0.6) is 0 Å². The maximum Gasteiger partial charge on any atom is 0.226 e. The van der Waals surface area contributed by atoms with Gasteiger partial charge >= 0.3 is 0 Å². The van der Waals surface area contributed by atoms with E-state index in [-0.39, 0.29) is 24.5 Å². The second kappa shape index (κ2) is 5.84. The molecule has 2 N–H and O–H groups in total. The van der Waals surface area contributed by atoms with Gasteiger partial charge in [0.15, 0.2) is 9.84 Å². The molecule has 1 fully saturated rings. The summed E-state index contributed by atoms with van der Waals surface area (Å²) in [4.78, 5) is 11.7. The molecule has 0 saturated carbocycles. The largest absolute Gasteiger partial charge is 0.321 e. The monoisotopic (exact) mass is 304 g/mol. The molecule has 0 aromatic heterocycles. The van der Waals surface area contributed by atoms with Gasteiger partial charge in [-0.1, -0.05) is 6.07 Å². The van der Waals surface area contributed by atoms with E-state index in [2.05, 4.69) is 10.6 Å². The lowest BCUT2D eigenvalue weighted by Crippen LogP contribution is -2.46. The van der Waals surface area contributed by atoms with Crippen LogP contribution in [0.3, 0.4) is 0 Å². The number of carbonyl (C=O) groups is 1. The highest BCUT2D eigenvalue weighted by Crippen LogP contribution is 2.18. The fourth-order valence-electron chi connectivity index (χ4n) is 2.03. The van der Waals surface area contributed by atoms with Crippen LogP contribution in [0.15, 0.2) is 18.2 Å². The number of hydrogen-bond donors (Lipinski definition) is 2. The van der Waals surface area contributed by atoms with Gasteiger partial charge in [0.2, 0.25) is 5.91 Å². The topological polar surface area (TPSA) is 75.3 Å². The van der Waals surface area contributed by atoms with Crippen molar-refractivity contribution in [2.75, 3.05) is 23.4 Å². The van der Waals surface area contributed by atoms with Crippen LogP contribution in [0.2, 0.25) is 0 Å². The van der Waals surface area contributed by atoms with E-state index < -0.39 is 39.1 Å². The molecule has 1 heterocycles. The lowest BCUT2D eigenvalue weighted by molar-refractivity contribution is -0.116. The summed E-state index contributed by atoms with van der Waals surface area (Å²) in [5.41, 5.74) is -0.517. The number of nitrogens with one attached hydrogen (secondary N) is 2. The molecule has 8 heteroatoms. The molecule has 1 amide bonds. The molecule has 1 unspecified atom stereocenters. The maximum absolute atomic E-state index is 13.3. The summed E-state index contributed by atoms with van der Waals surface area (Å²) in [5, 5.41) is 5.02. The molecule has 1 aromatic carbocycles. The zero-order valence-corrected chi connectivity index (χ0v) is 11.3. The van der Waals surface area contributed by atoms with Crippen molar-refractivity contribution in [3.05, 3.63) is 29.8 Å². The summed E-state index contributed by atoms with van der Waals surface area (Å²) in [6.07, 6.45) is -0.160. The van der Waals surface area contributed by atoms with Crippen molar-refractivity contribution < 1.29 is 22.0 Å². The van der Waals surface area contributed by atoms with Crippen LogP contribution in [-0.2, 0) is 14.6 Å². The first kappa shape index (κ1) is 14.9. The van der Waals surface area contributed by atoms with Crippen molar-refractivity contribution in [1.82, 2.24) is 5.32 Å².